The van der Waals surface area contributed by atoms with E-state index >= 15 is 0 Å². The fraction of sp³-hybridized carbons (Fsp3) is 0.0625. The molecule has 0 bridgehead atoms. The molecule has 126 valence electrons. The van der Waals surface area contributed by atoms with Crippen molar-refractivity contribution >= 4 is 52.4 Å². The molecule has 1 aliphatic heterocycles. The number of nitrogens with two attached hydrogens (primary N) is 1. The highest BCUT2D eigenvalue weighted by atomic mass is 35.5. The minimum absolute atomic E-state index is 0.0183. The van der Waals surface area contributed by atoms with Crippen molar-refractivity contribution in [1.82, 2.24) is 15.2 Å². The zero-order valence-electron chi connectivity index (χ0n) is 12.7. The summed E-state index contributed by atoms with van der Waals surface area (Å²) in [4.78, 5) is 15.5. The molecule has 25 heavy (non-hydrogen) atoms. The molecule has 7 nitrogen and oxygen atoms in total. The van der Waals surface area contributed by atoms with Crippen molar-refractivity contribution < 1.29 is 4.79 Å². The van der Waals surface area contributed by atoms with Gasteiger partial charge in [0.05, 0.1) is 16.5 Å². The number of rotatable bonds is 3. The molecule has 0 saturated carbocycles. The van der Waals surface area contributed by atoms with Gasteiger partial charge in [-0.1, -0.05) is 35.3 Å². The first-order valence-corrected chi connectivity index (χ1v) is 8.12. The molecule has 1 aromatic heterocycles. The maximum absolute atomic E-state index is 11.5. The van der Waals surface area contributed by atoms with Crippen molar-refractivity contribution in [1.29, 1.82) is 0 Å². The number of nitrogen functional groups attached to an aromatic ring is 1. The number of amides is 1. The summed E-state index contributed by atoms with van der Waals surface area (Å²) in [6.07, 6.45) is 0.389. The standard InChI is InChI=1S/C16H12Cl2N6O/c17-10-5-9(20-16-22-15(19)23-24-16)6-11(18)14(10)8-2-1-7-4-13(25)21-12(7)3-8/h1-3,5-6H,4H2,(H,21,25)(H4,19,20,22,23,24). The number of nitrogens with one attached hydrogen (secondary N) is 3. The van der Waals surface area contributed by atoms with Gasteiger partial charge >= 0.3 is 0 Å². The van der Waals surface area contributed by atoms with E-state index < -0.39 is 0 Å². The van der Waals surface area contributed by atoms with Gasteiger partial charge in [0.15, 0.2) is 0 Å². The molecule has 0 spiro atoms. The molecule has 9 heteroatoms. The molecular weight excluding hydrogens is 363 g/mol. The maximum atomic E-state index is 11.5. The Morgan fingerprint density at radius 2 is 1.92 bits per heavy atom. The predicted molar refractivity (Wildman–Crippen MR) is 98.3 cm³/mol. The van der Waals surface area contributed by atoms with Gasteiger partial charge < -0.3 is 16.4 Å². The Morgan fingerprint density at radius 3 is 2.60 bits per heavy atom. The molecule has 0 atom stereocenters. The van der Waals surface area contributed by atoms with Gasteiger partial charge in [0, 0.05) is 16.9 Å². The number of hydrogen-bond acceptors (Lipinski definition) is 5. The number of H-pyrrole nitrogens is 1. The Labute approximate surface area is 152 Å². The second-order valence-corrected chi connectivity index (χ2v) is 6.39. The molecule has 4 rings (SSSR count). The van der Waals surface area contributed by atoms with Gasteiger partial charge in [0.1, 0.15) is 0 Å². The average Bonchev–Trinajstić information content (AvgIpc) is 3.10. The average molecular weight is 375 g/mol. The third-order valence-electron chi connectivity index (χ3n) is 3.83. The zero-order chi connectivity index (χ0) is 17.6. The fourth-order valence-electron chi connectivity index (χ4n) is 2.76. The topological polar surface area (TPSA) is 109 Å². The fourth-order valence-corrected chi connectivity index (χ4v) is 3.46. The van der Waals surface area contributed by atoms with Gasteiger partial charge in [0.2, 0.25) is 17.8 Å². The number of benzene rings is 2. The summed E-state index contributed by atoms with van der Waals surface area (Å²) in [7, 11) is 0. The highest BCUT2D eigenvalue weighted by Crippen LogP contribution is 2.40. The Morgan fingerprint density at radius 1 is 1.16 bits per heavy atom. The van der Waals surface area contributed by atoms with Crippen LogP contribution in [-0.2, 0) is 11.2 Å². The zero-order valence-corrected chi connectivity index (χ0v) is 14.2. The highest BCUT2D eigenvalue weighted by Gasteiger charge is 2.19. The molecular formula is C16H12Cl2N6O. The van der Waals surface area contributed by atoms with Gasteiger partial charge in [-0.2, -0.15) is 4.98 Å². The van der Waals surface area contributed by atoms with Crippen LogP contribution in [0.4, 0.5) is 23.3 Å². The molecule has 0 saturated heterocycles. The number of nitrogens with zero attached hydrogens (tertiary/aromatic N) is 2. The predicted octanol–water partition coefficient (Wildman–Crippen LogP) is 3.60. The summed E-state index contributed by atoms with van der Waals surface area (Å²) in [5.41, 5.74) is 9.38. The summed E-state index contributed by atoms with van der Waals surface area (Å²) >= 11 is 12.9. The number of fused-ring (bicyclic) bond motifs is 1. The van der Waals surface area contributed by atoms with Crippen molar-refractivity contribution in [3.63, 3.8) is 0 Å². The van der Waals surface area contributed by atoms with Crippen LogP contribution in [0.5, 0.6) is 0 Å². The molecule has 1 aliphatic rings. The molecule has 2 heterocycles. The van der Waals surface area contributed by atoms with E-state index in [4.69, 9.17) is 28.9 Å². The third kappa shape index (κ3) is 2.99. The van der Waals surface area contributed by atoms with E-state index in [9.17, 15) is 4.79 Å². The summed E-state index contributed by atoms with van der Waals surface area (Å²) in [6, 6.07) is 9.13. The van der Waals surface area contributed by atoms with Crippen LogP contribution in [0.15, 0.2) is 30.3 Å². The summed E-state index contributed by atoms with van der Waals surface area (Å²) in [5.74, 6) is 0.504. The number of carbonyl (C=O) groups excluding carboxylic acids is 1. The van der Waals surface area contributed by atoms with Crippen LogP contribution >= 0.6 is 23.2 Å². The molecule has 0 fully saturated rings. The van der Waals surface area contributed by atoms with Crippen LogP contribution in [0, 0.1) is 0 Å². The number of anilines is 4. The first kappa shape index (κ1) is 15.7. The molecule has 1 amide bonds. The molecule has 2 aromatic carbocycles. The number of hydrogen-bond donors (Lipinski definition) is 4. The van der Waals surface area contributed by atoms with E-state index in [1.807, 2.05) is 18.2 Å². The Bertz CT molecular complexity index is 977. The van der Waals surface area contributed by atoms with Crippen molar-refractivity contribution in [3.8, 4) is 11.1 Å². The van der Waals surface area contributed by atoms with E-state index in [1.165, 1.54) is 0 Å². The minimum Gasteiger partial charge on any atom is -0.366 e. The van der Waals surface area contributed by atoms with Gasteiger partial charge in [-0.15, -0.1) is 5.10 Å². The molecule has 3 aromatic rings. The first-order chi connectivity index (χ1) is 12.0. The van der Waals surface area contributed by atoms with E-state index in [-0.39, 0.29) is 11.9 Å². The van der Waals surface area contributed by atoms with Crippen LogP contribution in [0.25, 0.3) is 11.1 Å². The van der Waals surface area contributed by atoms with Crippen molar-refractivity contribution in [2.75, 3.05) is 16.4 Å². The van der Waals surface area contributed by atoms with E-state index in [0.29, 0.717) is 33.7 Å². The normalized spacial score (nSPS) is 12.8. The number of aromatic amines is 1. The van der Waals surface area contributed by atoms with E-state index in [2.05, 4.69) is 25.8 Å². The third-order valence-corrected chi connectivity index (χ3v) is 4.43. The quantitative estimate of drug-likeness (QED) is 0.559. The number of aromatic nitrogens is 3. The van der Waals surface area contributed by atoms with E-state index in [1.54, 1.807) is 12.1 Å². The van der Waals surface area contributed by atoms with Crippen LogP contribution in [0.1, 0.15) is 5.56 Å². The van der Waals surface area contributed by atoms with Crippen molar-refractivity contribution in [2.45, 2.75) is 6.42 Å². The lowest BCUT2D eigenvalue weighted by Gasteiger charge is -2.12. The summed E-state index contributed by atoms with van der Waals surface area (Å²) < 4.78 is 0. The van der Waals surface area contributed by atoms with Crippen molar-refractivity contribution in [3.05, 3.63) is 45.9 Å². The lowest BCUT2D eigenvalue weighted by atomic mass is 10.0. The Kier molecular flexibility index (Phi) is 3.74. The molecule has 0 unspecified atom stereocenters. The number of halogens is 2. The monoisotopic (exact) mass is 374 g/mol. The van der Waals surface area contributed by atoms with Gasteiger partial charge in [-0.3, -0.25) is 4.79 Å². The van der Waals surface area contributed by atoms with Crippen LogP contribution in [0.3, 0.4) is 0 Å². The van der Waals surface area contributed by atoms with Gasteiger partial charge in [-0.25, -0.2) is 5.10 Å². The van der Waals surface area contributed by atoms with Crippen LogP contribution in [0.2, 0.25) is 10.0 Å². The smallest absolute Gasteiger partial charge is 0.241 e. The maximum Gasteiger partial charge on any atom is 0.241 e. The SMILES string of the molecule is Nc1n[nH]c(Nc2cc(Cl)c(-c3ccc4c(c3)NC(=O)C4)c(Cl)c2)n1. The summed E-state index contributed by atoms with van der Waals surface area (Å²) in [5, 5.41) is 13.1. The Balaban J connectivity index is 1.69. The molecule has 0 aliphatic carbocycles. The summed E-state index contributed by atoms with van der Waals surface area (Å²) in [6.45, 7) is 0. The minimum atomic E-state index is -0.0183. The number of carbonyl (C=O) groups is 1. The largest absolute Gasteiger partial charge is 0.366 e. The first-order valence-electron chi connectivity index (χ1n) is 7.37. The van der Waals surface area contributed by atoms with Gasteiger partial charge in [0.25, 0.3) is 0 Å². The second-order valence-electron chi connectivity index (χ2n) is 5.58. The molecule has 5 N–H and O–H groups in total. The van der Waals surface area contributed by atoms with E-state index in [0.717, 1.165) is 16.8 Å². The highest BCUT2D eigenvalue weighted by molar-refractivity contribution is 6.39. The lowest BCUT2D eigenvalue weighted by Crippen LogP contribution is -2.03. The lowest BCUT2D eigenvalue weighted by molar-refractivity contribution is -0.115. The second kappa shape index (κ2) is 5.94. The molecule has 0 radical (unpaired) electrons. The Hall–Kier alpha value is -2.77. The van der Waals surface area contributed by atoms with Crippen LogP contribution in [-0.4, -0.2) is 21.1 Å². The van der Waals surface area contributed by atoms with Gasteiger partial charge in [-0.05, 0) is 29.3 Å². The van der Waals surface area contributed by atoms with Crippen molar-refractivity contribution in [2.24, 2.45) is 0 Å². The van der Waals surface area contributed by atoms with Crippen LogP contribution < -0.4 is 16.4 Å².